The Morgan fingerprint density at radius 2 is 1.97 bits per heavy atom. The topological polar surface area (TPSA) is 109 Å². The van der Waals surface area contributed by atoms with Crippen LogP contribution in [-0.4, -0.2) is 46.6 Å². The fourth-order valence-corrected chi connectivity index (χ4v) is 6.21. The molecule has 1 aromatic carbocycles. The van der Waals surface area contributed by atoms with Gasteiger partial charge in [-0.25, -0.2) is 14.2 Å². The average molecular weight is 535 g/mol. The number of fused-ring (bicyclic) bond motifs is 1. The van der Waals surface area contributed by atoms with Gasteiger partial charge < -0.3 is 19.3 Å². The lowest BCUT2D eigenvalue weighted by Gasteiger charge is -2.29. The zero-order valence-corrected chi connectivity index (χ0v) is 21.6. The first-order valence-electron chi connectivity index (χ1n) is 11.8. The number of halogens is 1. The fraction of sp³-hybridized carbons (Fsp3) is 0.480. The molecule has 9 nitrogen and oxygen atoms in total. The Bertz CT molecular complexity index is 1430. The predicted molar refractivity (Wildman–Crippen MR) is 136 cm³/mol. The Labute approximate surface area is 215 Å². The van der Waals surface area contributed by atoms with Crippen molar-refractivity contribution in [2.45, 2.75) is 56.9 Å². The van der Waals surface area contributed by atoms with E-state index in [9.17, 15) is 19.5 Å². The molecule has 1 atom stereocenters. The third kappa shape index (κ3) is 4.15. The summed E-state index contributed by atoms with van der Waals surface area (Å²) in [5.41, 5.74) is -1.55. The van der Waals surface area contributed by atoms with Crippen molar-refractivity contribution in [3.8, 4) is 5.75 Å². The number of aryl methyl sites for hydroxylation is 1. The number of para-hydroxylation sites is 1. The summed E-state index contributed by atoms with van der Waals surface area (Å²) in [5.74, 6) is -0.580. The van der Waals surface area contributed by atoms with Gasteiger partial charge in [-0.1, -0.05) is 29.8 Å². The van der Waals surface area contributed by atoms with Gasteiger partial charge in [0.2, 0.25) is 0 Å². The van der Waals surface area contributed by atoms with E-state index in [1.54, 1.807) is 14.0 Å². The molecular formula is C25H27ClN2O7S. The molecule has 0 spiro atoms. The quantitative estimate of drug-likeness (QED) is 0.469. The summed E-state index contributed by atoms with van der Waals surface area (Å²) < 4.78 is 20.3. The number of carboxylic acid groups (broad SMARTS) is 1. The first-order chi connectivity index (χ1) is 17.3. The van der Waals surface area contributed by atoms with Crippen LogP contribution in [0.15, 0.2) is 33.9 Å². The molecule has 192 valence electrons. The minimum atomic E-state index is -1.54. The molecule has 3 aromatic rings. The number of hydrogen-bond donors (Lipinski definition) is 1. The first-order valence-corrected chi connectivity index (χ1v) is 13.0. The lowest BCUT2D eigenvalue weighted by atomic mass is 10.1. The number of nitrogens with zero attached hydrogens (tertiary/aromatic N) is 2. The Morgan fingerprint density at radius 1 is 1.28 bits per heavy atom. The van der Waals surface area contributed by atoms with E-state index < -0.39 is 28.9 Å². The van der Waals surface area contributed by atoms with Crippen LogP contribution in [-0.2, 0) is 26.4 Å². The second kappa shape index (κ2) is 9.66. The van der Waals surface area contributed by atoms with Gasteiger partial charge in [-0.2, -0.15) is 0 Å². The highest BCUT2D eigenvalue weighted by Crippen LogP contribution is 2.43. The number of carbonyl (C=O) groups is 1. The lowest BCUT2D eigenvalue weighted by molar-refractivity contribution is -0.142. The van der Waals surface area contributed by atoms with Crippen molar-refractivity contribution in [2.75, 3.05) is 20.3 Å². The Balaban J connectivity index is 1.69. The number of aromatic nitrogens is 2. The van der Waals surface area contributed by atoms with E-state index in [1.807, 2.05) is 24.3 Å². The Hall–Kier alpha value is -2.66. The van der Waals surface area contributed by atoms with Gasteiger partial charge in [0.25, 0.3) is 5.56 Å². The van der Waals surface area contributed by atoms with Crippen LogP contribution in [0, 0.1) is 6.92 Å². The average Bonchev–Trinajstić information content (AvgIpc) is 3.62. The van der Waals surface area contributed by atoms with Crippen LogP contribution >= 0.6 is 22.9 Å². The van der Waals surface area contributed by atoms with Crippen LogP contribution in [0.25, 0.3) is 10.2 Å². The molecule has 1 saturated heterocycles. The van der Waals surface area contributed by atoms with E-state index in [0.29, 0.717) is 46.5 Å². The van der Waals surface area contributed by atoms with Crippen molar-refractivity contribution < 1.29 is 24.1 Å². The molecule has 5 rings (SSSR count). The van der Waals surface area contributed by atoms with Crippen LogP contribution in [0.3, 0.4) is 0 Å². The van der Waals surface area contributed by atoms with Gasteiger partial charge in [0.05, 0.1) is 29.5 Å². The summed E-state index contributed by atoms with van der Waals surface area (Å²) in [6.07, 6.45) is 1.16. The number of aliphatic carboxylic acids is 1. The molecule has 1 N–H and O–H groups in total. The molecule has 0 amide bonds. The van der Waals surface area contributed by atoms with Gasteiger partial charge in [0, 0.05) is 18.8 Å². The van der Waals surface area contributed by atoms with Gasteiger partial charge in [-0.05, 0) is 44.2 Å². The molecule has 0 radical (unpaired) electrons. The smallest absolute Gasteiger partial charge is 0.333 e. The molecule has 1 aliphatic heterocycles. The summed E-state index contributed by atoms with van der Waals surface area (Å²) in [6.45, 7) is 2.93. The predicted octanol–water partition coefficient (Wildman–Crippen LogP) is 3.71. The molecule has 0 bridgehead atoms. The number of hydrogen-bond acceptors (Lipinski definition) is 7. The highest BCUT2D eigenvalue weighted by molar-refractivity contribution is 7.22. The number of rotatable bonds is 8. The van der Waals surface area contributed by atoms with Crippen molar-refractivity contribution in [2.24, 2.45) is 0 Å². The zero-order chi connectivity index (χ0) is 25.6. The minimum absolute atomic E-state index is 0.0549. The Kier molecular flexibility index (Phi) is 6.71. The van der Waals surface area contributed by atoms with Crippen LogP contribution in [0.2, 0.25) is 4.34 Å². The zero-order valence-electron chi connectivity index (χ0n) is 20.0. The maximum Gasteiger partial charge on any atom is 0.333 e. The van der Waals surface area contributed by atoms with Gasteiger partial charge in [0.1, 0.15) is 22.2 Å². The van der Waals surface area contributed by atoms with Crippen LogP contribution < -0.4 is 16.0 Å². The maximum absolute atomic E-state index is 13.8. The molecule has 0 unspecified atom stereocenters. The van der Waals surface area contributed by atoms with Gasteiger partial charge >= 0.3 is 11.7 Å². The van der Waals surface area contributed by atoms with Gasteiger partial charge in [-0.15, -0.1) is 11.3 Å². The third-order valence-corrected chi connectivity index (χ3v) is 8.68. The standard InChI is InChI=1S/C25H27ClN2O7S/c1-14-19-21(29)28(25(9-10-25)23(30)31)24(32)27(22(19)36-20(14)26)13-18(35-15-7-11-34-12-8-15)16-5-3-4-6-17(16)33-2/h3-6,15,18H,7-13H2,1-2H3,(H,30,31)/t18-/m0/s1. The largest absolute Gasteiger partial charge is 0.496 e. The van der Waals surface area contributed by atoms with Crippen molar-refractivity contribution in [3.63, 3.8) is 0 Å². The molecule has 2 fully saturated rings. The van der Waals surface area contributed by atoms with Crippen molar-refractivity contribution in [1.29, 1.82) is 0 Å². The third-order valence-electron chi connectivity index (χ3n) is 7.06. The van der Waals surface area contributed by atoms with E-state index in [-0.39, 0.29) is 30.9 Å². The molecule has 11 heteroatoms. The van der Waals surface area contributed by atoms with Crippen molar-refractivity contribution in [1.82, 2.24) is 9.13 Å². The second-order valence-corrected chi connectivity index (χ2v) is 10.8. The van der Waals surface area contributed by atoms with E-state index in [1.165, 1.54) is 4.57 Å². The summed E-state index contributed by atoms with van der Waals surface area (Å²) >= 11 is 7.56. The van der Waals surface area contributed by atoms with E-state index in [2.05, 4.69) is 0 Å². The lowest BCUT2D eigenvalue weighted by Crippen LogP contribution is -2.49. The van der Waals surface area contributed by atoms with E-state index in [4.69, 9.17) is 25.8 Å². The summed E-state index contributed by atoms with van der Waals surface area (Å²) in [4.78, 5) is 39.9. The number of ether oxygens (including phenoxy) is 3. The number of thiophene rings is 1. The summed E-state index contributed by atoms with van der Waals surface area (Å²) in [5, 5.41) is 10.2. The molecular weight excluding hydrogens is 508 g/mol. The second-order valence-electron chi connectivity index (χ2n) is 9.23. The van der Waals surface area contributed by atoms with Crippen LogP contribution in [0.5, 0.6) is 5.75 Å². The van der Waals surface area contributed by atoms with Crippen molar-refractivity contribution in [3.05, 3.63) is 60.6 Å². The SMILES string of the molecule is COc1ccccc1[C@H](Cn1c(=O)n(C2(C(=O)O)CC2)c(=O)c2c(C)c(Cl)sc21)OC1CCOCC1. The van der Waals surface area contributed by atoms with Gasteiger partial charge in [-0.3, -0.25) is 9.36 Å². The molecule has 36 heavy (non-hydrogen) atoms. The molecule has 3 heterocycles. The molecule has 2 aromatic heterocycles. The monoisotopic (exact) mass is 534 g/mol. The normalized spacial score (nSPS) is 18.3. The highest BCUT2D eigenvalue weighted by atomic mass is 35.5. The molecule has 1 aliphatic carbocycles. The van der Waals surface area contributed by atoms with Gasteiger partial charge in [0.15, 0.2) is 0 Å². The maximum atomic E-state index is 13.8. The number of benzene rings is 1. The molecule has 2 aliphatic rings. The Morgan fingerprint density at radius 3 is 2.61 bits per heavy atom. The molecule has 1 saturated carbocycles. The first kappa shape index (κ1) is 25.0. The van der Waals surface area contributed by atoms with Crippen molar-refractivity contribution >= 4 is 39.1 Å². The summed E-state index contributed by atoms with van der Waals surface area (Å²) in [6, 6.07) is 7.43. The fourth-order valence-electron chi connectivity index (χ4n) is 4.87. The van der Waals surface area contributed by atoms with Crippen LogP contribution in [0.1, 0.15) is 42.9 Å². The summed E-state index contributed by atoms with van der Waals surface area (Å²) in [7, 11) is 1.57. The van der Waals surface area contributed by atoms with E-state index >= 15 is 0 Å². The highest BCUT2D eigenvalue weighted by Gasteiger charge is 2.55. The van der Waals surface area contributed by atoms with E-state index in [0.717, 1.165) is 21.5 Å². The minimum Gasteiger partial charge on any atom is -0.496 e. The number of methoxy groups -OCH3 is 1. The van der Waals surface area contributed by atoms with Crippen LogP contribution in [0.4, 0.5) is 0 Å². The number of carboxylic acids is 1.